The summed E-state index contributed by atoms with van der Waals surface area (Å²) in [4.78, 5) is 37.5. The highest BCUT2D eigenvalue weighted by molar-refractivity contribution is 5.88. The van der Waals surface area contributed by atoms with Crippen LogP contribution in [-0.4, -0.2) is 41.0 Å². The Morgan fingerprint density at radius 3 is 2.37 bits per heavy atom. The number of rotatable bonds is 6. The minimum absolute atomic E-state index is 0.294. The van der Waals surface area contributed by atoms with E-state index in [0.717, 1.165) is 18.4 Å². The summed E-state index contributed by atoms with van der Waals surface area (Å²) >= 11 is 0. The number of esters is 2. The van der Waals surface area contributed by atoms with E-state index < -0.39 is 36.1 Å². The molecule has 1 aliphatic rings. The maximum Gasteiger partial charge on any atom is 0.303 e. The third-order valence-corrected chi connectivity index (χ3v) is 4.17. The molecule has 3 atom stereocenters. The lowest BCUT2D eigenvalue weighted by Gasteiger charge is -2.23. The van der Waals surface area contributed by atoms with Crippen molar-refractivity contribution >= 4 is 17.8 Å². The van der Waals surface area contributed by atoms with Crippen LogP contribution >= 0.6 is 0 Å². The van der Waals surface area contributed by atoms with Gasteiger partial charge in [0, 0.05) is 26.8 Å². The summed E-state index contributed by atoms with van der Waals surface area (Å²) in [5, 5.41) is 0. The highest BCUT2D eigenvalue weighted by Gasteiger charge is 2.51. The Kier molecular flexibility index (Phi) is 7.42. The van der Waals surface area contributed by atoms with Gasteiger partial charge in [-0.3, -0.25) is 14.4 Å². The number of ether oxygens (including phenoxy) is 2. The molecule has 0 aromatic heterocycles. The minimum Gasteiger partial charge on any atom is -0.455 e. The molecule has 6 nitrogen and oxygen atoms in total. The molecule has 0 spiro atoms. The molecule has 1 fully saturated rings. The fourth-order valence-corrected chi connectivity index (χ4v) is 2.96. The molecular formula is C21H25NO5. The van der Waals surface area contributed by atoms with E-state index >= 15 is 0 Å². The van der Waals surface area contributed by atoms with Crippen molar-refractivity contribution in [3.63, 3.8) is 0 Å². The standard InChI is InChI=1S/C21H25NO5/c1-4-5-6-10-13-18-19(26-15(2)23)20(27-16(3)24)21(25)22(18)14-17-11-8-7-9-12-17/h7-9,11-12,18-20H,4-6,14H2,1-3H3/t18-,19+,20-/m1/s1. The van der Waals surface area contributed by atoms with Crippen LogP contribution in [0.1, 0.15) is 45.6 Å². The quantitative estimate of drug-likeness (QED) is 0.436. The first kappa shape index (κ1) is 20.5. The molecule has 2 rings (SSSR count). The Balaban J connectivity index is 2.35. The summed E-state index contributed by atoms with van der Waals surface area (Å²) in [7, 11) is 0. The highest BCUT2D eigenvalue weighted by atomic mass is 16.6. The van der Waals surface area contributed by atoms with Gasteiger partial charge in [-0.25, -0.2) is 0 Å². The van der Waals surface area contributed by atoms with Gasteiger partial charge in [0.25, 0.3) is 5.91 Å². The average molecular weight is 371 g/mol. The first-order chi connectivity index (χ1) is 12.9. The Morgan fingerprint density at radius 2 is 1.78 bits per heavy atom. The smallest absolute Gasteiger partial charge is 0.303 e. The molecule has 1 saturated heterocycles. The average Bonchev–Trinajstić information content (AvgIpc) is 2.84. The summed E-state index contributed by atoms with van der Waals surface area (Å²) in [5.74, 6) is 4.57. The third kappa shape index (κ3) is 5.58. The lowest BCUT2D eigenvalue weighted by atomic mass is 10.1. The molecule has 1 aliphatic heterocycles. The van der Waals surface area contributed by atoms with Crippen molar-refractivity contribution in [2.75, 3.05) is 0 Å². The van der Waals surface area contributed by atoms with Gasteiger partial charge in [0.15, 0.2) is 6.10 Å². The molecule has 0 saturated carbocycles. The molecule has 0 bridgehead atoms. The van der Waals surface area contributed by atoms with Crippen molar-refractivity contribution in [2.24, 2.45) is 0 Å². The zero-order valence-electron chi connectivity index (χ0n) is 15.9. The molecule has 27 heavy (non-hydrogen) atoms. The zero-order chi connectivity index (χ0) is 19.8. The van der Waals surface area contributed by atoms with Crippen LogP contribution in [0, 0.1) is 11.8 Å². The first-order valence-corrected chi connectivity index (χ1v) is 9.11. The van der Waals surface area contributed by atoms with Crippen LogP contribution in [0.4, 0.5) is 0 Å². The SMILES string of the molecule is CCCCC#C[C@@H]1[C@H](OC(C)=O)[C@@H](OC(C)=O)C(=O)N1Cc1ccccc1. The second kappa shape index (κ2) is 9.77. The van der Waals surface area contributed by atoms with Crippen molar-refractivity contribution in [3.8, 4) is 11.8 Å². The molecule has 1 aromatic rings. The van der Waals surface area contributed by atoms with Gasteiger partial charge in [-0.2, -0.15) is 0 Å². The van der Waals surface area contributed by atoms with Crippen LogP contribution in [0.2, 0.25) is 0 Å². The van der Waals surface area contributed by atoms with Crippen molar-refractivity contribution < 1.29 is 23.9 Å². The van der Waals surface area contributed by atoms with Gasteiger partial charge < -0.3 is 14.4 Å². The summed E-state index contributed by atoms with van der Waals surface area (Å²) in [6.45, 7) is 4.85. The van der Waals surface area contributed by atoms with E-state index in [0.29, 0.717) is 13.0 Å². The second-order valence-corrected chi connectivity index (χ2v) is 6.43. The number of amides is 1. The van der Waals surface area contributed by atoms with Crippen molar-refractivity contribution in [2.45, 2.75) is 64.8 Å². The number of carbonyl (C=O) groups is 3. The van der Waals surface area contributed by atoms with E-state index in [9.17, 15) is 14.4 Å². The van der Waals surface area contributed by atoms with Gasteiger partial charge in [0.1, 0.15) is 6.04 Å². The lowest BCUT2D eigenvalue weighted by molar-refractivity contribution is -0.165. The highest BCUT2D eigenvalue weighted by Crippen LogP contribution is 2.27. The summed E-state index contributed by atoms with van der Waals surface area (Å²) in [6, 6.07) is 8.78. The van der Waals surface area contributed by atoms with Gasteiger partial charge >= 0.3 is 11.9 Å². The Bertz CT molecular complexity index is 734. The number of hydrogen-bond acceptors (Lipinski definition) is 5. The molecular weight excluding hydrogens is 346 g/mol. The normalized spacial score (nSPS) is 21.4. The minimum atomic E-state index is -1.18. The molecule has 0 radical (unpaired) electrons. The van der Waals surface area contributed by atoms with Crippen molar-refractivity contribution in [1.82, 2.24) is 4.90 Å². The lowest BCUT2D eigenvalue weighted by Crippen LogP contribution is -2.38. The van der Waals surface area contributed by atoms with Crippen LogP contribution < -0.4 is 0 Å². The first-order valence-electron chi connectivity index (χ1n) is 9.11. The zero-order valence-corrected chi connectivity index (χ0v) is 15.9. The fraction of sp³-hybridized carbons (Fsp3) is 0.476. The second-order valence-electron chi connectivity index (χ2n) is 6.43. The van der Waals surface area contributed by atoms with E-state index in [1.807, 2.05) is 30.3 Å². The third-order valence-electron chi connectivity index (χ3n) is 4.17. The van der Waals surface area contributed by atoms with E-state index in [1.165, 1.54) is 18.7 Å². The predicted molar refractivity (Wildman–Crippen MR) is 99.2 cm³/mol. The molecule has 1 amide bonds. The van der Waals surface area contributed by atoms with E-state index in [-0.39, 0.29) is 0 Å². The monoisotopic (exact) mass is 371 g/mol. The Labute approximate surface area is 159 Å². The number of nitrogens with zero attached hydrogens (tertiary/aromatic N) is 1. The fourth-order valence-electron chi connectivity index (χ4n) is 2.96. The van der Waals surface area contributed by atoms with Crippen LogP contribution in [0.3, 0.4) is 0 Å². The summed E-state index contributed by atoms with van der Waals surface area (Å²) < 4.78 is 10.5. The van der Waals surface area contributed by atoms with Gasteiger partial charge in [0.2, 0.25) is 6.10 Å². The number of carbonyl (C=O) groups excluding carboxylic acids is 3. The molecule has 6 heteroatoms. The van der Waals surface area contributed by atoms with Gasteiger partial charge in [-0.05, 0) is 12.0 Å². The molecule has 0 aliphatic carbocycles. The van der Waals surface area contributed by atoms with Crippen LogP contribution in [0.25, 0.3) is 0 Å². The van der Waals surface area contributed by atoms with Gasteiger partial charge in [-0.15, -0.1) is 5.92 Å². The maximum atomic E-state index is 12.9. The predicted octanol–water partition coefficient (Wildman–Crippen LogP) is 2.45. The van der Waals surface area contributed by atoms with Crippen LogP contribution in [0.15, 0.2) is 30.3 Å². The topological polar surface area (TPSA) is 72.9 Å². The maximum absolute atomic E-state index is 12.9. The van der Waals surface area contributed by atoms with E-state index in [4.69, 9.17) is 9.47 Å². The van der Waals surface area contributed by atoms with Crippen LogP contribution in [0.5, 0.6) is 0 Å². The largest absolute Gasteiger partial charge is 0.455 e. The van der Waals surface area contributed by atoms with Crippen molar-refractivity contribution in [1.29, 1.82) is 0 Å². The van der Waals surface area contributed by atoms with Gasteiger partial charge in [0.05, 0.1) is 0 Å². The van der Waals surface area contributed by atoms with E-state index in [1.54, 1.807) is 0 Å². The molecule has 1 heterocycles. The molecule has 1 aromatic carbocycles. The molecule has 144 valence electrons. The van der Waals surface area contributed by atoms with Gasteiger partial charge in [-0.1, -0.05) is 49.6 Å². The Morgan fingerprint density at radius 1 is 1.11 bits per heavy atom. The summed E-state index contributed by atoms with van der Waals surface area (Å²) in [5.41, 5.74) is 0.913. The van der Waals surface area contributed by atoms with Crippen molar-refractivity contribution in [3.05, 3.63) is 35.9 Å². The van der Waals surface area contributed by atoms with E-state index in [2.05, 4.69) is 18.8 Å². The number of unbranched alkanes of at least 4 members (excludes halogenated alkanes) is 2. The number of likely N-dealkylation sites (tertiary alicyclic amines) is 1. The van der Waals surface area contributed by atoms with Crippen LogP contribution in [-0.2, 0) is 30.4 Å². The molecule has 0 unspecified atom stereocenters. The number of hydrogen-bond donors (Lipinski definition) is 0. The molecule has 0 N–H and O–H groups in total. The summed E-state index contributed by atoms with van der Waals surface area (Å²) in [6.07, 6.45) is 0.510. The Hall–Kier alpha value is -2.81. The number of benzene rings is 1.